The molecule has 0 bridgehead atoms. The van der Waals surface area contributed by atoms with Gasteiger partial charge in [-0.1, -0.05) is 0 Å². The Morgan fingerprint density at radius 3 is 2.48 bits per heavy atom. The fourth-order valence-corrected chi connectivity index (χ4v) is 3.38. The van der Waals surface area contributed by atoms with Gasteiger partial charge in [-0.2, -0.15) is 0 Å². The molecule has 0 radical (unpaired) electrons. The van der Waals surface area contributed by atoms with Crippen molar-refractivity contribution in [1.82, 2.24) is 4.90 Å². The van der Waals surface area contributed by atoms with E-state index >= 15 is 0 Å². The highest BCUT2D eigenvalue weighted by atomic mass is 19.1. The van der Waals surface area contributed by atoms with Crippen LogP contribution in [0.3, 0.4) is 0 Å². The molecule has 2 aliphatic rings. The summed E-state index contributed by atoms with van der Waals surface area (Å²) in [7, 11) is 0. The van der Waals surface area contributed by atoms with Gasteiger partial charge in [0.05, 0.1) is 12.2 Å². The summed E-state index contributed by atoms with van der Waals surface area (Å²) < 4.78 is 24.6. The fraction of sp³-hybridized carbons (Fsp3) is 0.600. The second-order valence-electron chi connectivity index (χ2n) is 8.13. The van der Waals surface area contributed by atoms with E-state index in [1.807, 2.05) is 32.9 Å². The van der Waals surface area contributed by atoms with Gasteiger partial charge >= 0.3 is 6.09 Å². The molecular weight excluding hydrogens is 351 g/mol. The molecule has 148 valence electrons. The second-order valence-corrected chi connectivity index (χ2v) is 8.13. The second kappa shape index (κ2) is 7.37. The maximum Gasteiger partial charge on any atom is 0.410 e. The van der Waals surface area contributed by atoms with Crippen LogP contribution < -0.4 is 9.64 Å². The van der Waals surface area contributed by atoms with Crippen LogP contribution in [-0.4, -0.2) is 54.9 Å². The van der Waals surface area contributed by atoms with Gasteiger partial charge < -0.3 is 19.3 Å². The zero-order chi connectivity index (χ0) is 19.8. The zero-order valence-corrected chi connectivity index (χ0v) is 16.4. The van der Waals surface area contributed by atoms with Crippen LogP contribution in [0.5, 0.6) is 5.75 Å². The predicted molar refractivity (Wildman–Crippen MR) is 100 cm³/mol. The SMILES string of the molecule is C[C@@H](F)CN1C(=O)COc2cc3c(cc21)CCN(C(=O)OC(C)(C)C)CC3. The van der Waals surface area contributed by atoms with Gasteiger partial charge in [0.15, 0.2) is 6.61 Å². The molecule has 0 aliphatic carbocycles. The Hall–Kier alpha value is -2.31. The van der Waals surface area contributed by atoms with Gasteiger partial charge in [0.2, 0.25) is 0 Å². The van der Waals surface area contributed by atoms with E-state index in [-0.39, 0.29) is 25.2 Å². The van der Waals surface area contributed by atoms with E-state index in [0.717, 1.165) is 11.1 Å². The van der Waals surface area contributed by atoms with Crippen LogP contribution >= 0.6 is 0 Å². The largest absolute Gasteiger partial charge is 0.482 e. The number of rotatable bonds is 2. The smallest absolute Gasteiger partial charge is 0.410 e. The first-order valence-electron chi connectivity index (χ1n) is 9.35. The van der Waals surface area contributed by atoms with Crippen LogP contribution in [-0.2, 0) is 22.4 Å². The van der Waals surface area contributed by atoms with Crippen LogP contribution in [0.15, 0.2) is 12.1 Å². The van der Waals surface area contributed by atoms with Crippen LogP contribution in [0.1, 0.15) is 38.8 Å². The van der Waals surface area contributed by atoms with Crippen molar-refractivity contribution in [2.24, 2.45) is 0 Å². The summed E-state index contributed by atoms with van der Waals surface area (Å²) in [6.07, 6.45) is -0.117. The predicted octanol–water partition coefficient (Wildman–Crippen LogP) is 3.11. The third-order valence-electron chi connectivity index (χ3n) is 4.61. The number of alkyl halides is 1. The molecule has 0 saturated carbocycles. The molecule has 0 fully saturated rings. The maximum atomic E-state index is 13.5. The molecular formula is C20H27FN2O4. The van der Waals surface area contributed by atoms with E-state index in [1.165, 1.54) is 11.8 Å². The Morgan fingerprint density at radius 2 is 1.89 bits per heavy atom. The zero-order valence-electron chi connectivity index (χ0n) is 16.4. The Bertz CT molecular complexity index is 742. The Morgan fingerprint density at radius 1 is 1.26 bits per heavy atom. The molecule has 0 aromatic heterocycles. The van der Waals surface area contributed by atoms with E-state index < -0.39 is 11.8 Å². The molecule has 6 nitrogen and oxygen atoms in total. The summed E-state index contributed by atoms with van der Waals surface area (Å²) in [5.74, 6) is 0.357. The molecule has 0 spiro atoms. The number of anilines is 1. The number of benzene rings is 1. The van der Waals surface area contributed by atoms with Crippen LogP contribution in [0.2, 0.25) is 0 Å². The molecule has 2 heterocycles. The molecule has 7 heteroatoms. The van der Waals surface area contributed by atoms with E-state index in [4.69, 9.17) is 9.47 Å². The summed E-state index contributed by atoms with van der Waals surface area (Å²) in [6, 6.07) is 3.83. The van der Waals surface area contributed by atoms with Crippen molar-refractivity contribution in [2.45, 2.75) is 52.3 Å². The Kier molecular flexibility index (Phi) is 5.31. The van der Waals surface area contributed by atoms with Crippen molar-refractivity contribution < 1.29 is 23.5 Å². The molecule has 0 N–H and O–H groups in total. The van der Waals surface area contributed by atoms with Gasteiger partial charge in [-0.25, -0.2) is 9.18 Å². The summed E-state index contributed by atoms with van der Waals surface area (Å²) >= 11 is 0. The van der Waals surface area contributed by atoms with Crippen molar-refractivity contribution in [3.8, 4) is 5.75 Å². The Balaban J connectivity index is 1.81. The average molecular weight is 378 g/mol. The van der Waals surface area contributed by atoms with Crippen molar-refractivity contribution in [1.29, 1.82) is 0 Å². The molecule has 3 rings (SSSR count). The first-order valence-corrected chi connectivity index (χ1v) is 9.35. The minimum absolute atomic E-state index is 0.0119. The van der Waals surface area contributed by atoms with Gasteiger partial charge in [-0.3, -0.25) is 4.79 Å². The number of hydrogen-bond donors (Lipinski definition) is 0. The summed E-state index contributed by atoms with van der Waals surface area (Å²) in [5.41, 5.74) is 2.21. The normalized spacial score (nSPS) is 18.2. The highest BCUT2D eigenvalue weighted by molar-refractivity contribution is 5.98. The standard InChI is InChI=1S/C20H27FN2O4/c1-13(21)11-23-16-9-14-5-7-22(19(25)27-20(2,3)4)8-6-15(14)10-17(16)26-12-18(23)24/h9-10,13H,5-8,11-12H2,1-4H3/t13-/m1/s1. The Labute approximate surface area is 159 Å². The van der Waals surface area contributed by atoms with Gasteiger partial charge in [-0.05, 0) is 63.8 Å². The number of carbonyl (C=O) groups excluding carboxylic acids is 2. The number of carbonyl (C=O) groups is 2. The highest BCUT2D eigenvalue weighted by Gasteiger charge is 2.30. The quantitative estimate of drug-likeness (QED) is 0.793. The molecule has 27 heavy (non-hydrogen) atoms. The number of fused-ring (bicyclic) bond motifs is 2. The summed E-state index contributed by atoms with van der Waals surface area (Å²) in [5, 5.41) is 0. The van der Waals surface area contributed by atoms with Crippen LogP contribution in [0.25, 0.3) is 0 Å². The molecule has 2 amide bonds. The highest BCUT2D eigenvalue weighted by Crippen LogP contribution is 2.36. The van der Waals surface area contributed by atoms with E-state index in [0.29, 0.717) is 37.4 Å². The molecule has 1 aromatic carbocycles. The summed E-state index contributed by atoms with van der Waals surface area (Å²) in [6.45, 7) is 8.01. The van der Waals surface area contributed by atoms with E-state index in [2.05, 4.69) is 0 Å². The number of halogens is 1. The van der Waals surface area contributed by atoms with Crippen molar-refractivity contribution in [2.75, 3.05) is 31.1 Å². The first-order chi connectivity index (χ1) is 12.6. The third-order valence-corrected chi connectivity index (χ3v) is 4.61. The average Bonchev–Trinajstić information content (AvgIpc) is 2.76. The molecule has 0 saturated heterocycles. The van der Waals surface area contributed by atoms with Crippen molar-refractivity contribution in [3.05, 3.63) is 23.3 Å². The fourth-order valence-electron chi connectivity index (χ4n) is 3.38. The topological polar surface area (TPSA) is 59.1 Å². The monoisotopic (exact) mass is 378 g/mol. The molecule has 2 aliphatic heterocycles. The van der Waals surface area contributed by atoms with Gasteiger partial charge in [0.1, 0.15) is 17.5 Å². The van der Waals surface area contributed by atoms with Crippen molar-refractivity contribution in [3.63, 3.8) is 0 Å². The van der Waals surface area contributed by atoms with Gasteiger partial charge in [0.25, 0.3) is 5.91 Å². The van der Waals surface area contributed by atoms with E-state index in [1.54, 1.807) is 4.90 Å². The maximum absolute atomic E-state index is 13.5. The lowest BCUT2D eigenvalue weighted by Gasteiger charge is -2.31. The van der Waals surface area contributed by atoms with E-state index in [9.17, 15) is 14.0 Å². The van der Waals surface area contributed by atoms with Gasteiger partial charge in [0, 0.05) is 13.1 Å². The summed E-state index contributed by atoms with van der Waals surface area (Å²) in [4.78, 5) is 27.7. The van der Waals surface area contributed by atoms with Crippen LogP contribution in [0, 0.1) is 0 Å². The minimum Gasteiger partial charge on any atom is -0.482 e. The number of amides is 2. The number of nitrogens with zero attached hydrogens (tertiary/aromatic N) is 2. The molecule has 0 unspecified atom stereocenters. The lowest BCUT2D eigenvalue weighted by molar-refractivity contribution is -0.121. The number of ether oxygens (including phenoxy) is 2. The molecule has 1 aromatic rings. The lowest BCUT2D eigenvalue weighted by Crippen LogP contribution is -2.42. The lowest BCUT2D eigenvalue weighted by atomic mass is 10.0. The first kappa shape index (κ1) is 19.5. The number of hydrogen-bond acceptors (Lipinski definition) is 4. The third kappa shape index (κ3) is 4.51. The minimum atomic E-state index is -1.12. The van der Waals surface area contributed by atoms with Gasteiger partial charge in [-0.15, -0.1) is 0 Å². The van der Waals surface area contributed by atoms with Crippen molar-refractivity contribution >= 4 is 17.7 Å². The molecule has 1 atom stereocenters. The van der Waals surface area contributed by atoms with Crippen LogP contribution in [0.4, 0.5) is 14.9 Å².